The molecule has 0 fully saturated rings. The van der Waals surface area contributed by atoms with Crippen molar-refractivity contribution in [2.45, 2.75) is 49.9 Å². The predicted octanol–water partition coefficient (Wildman–Crippen LogP) is 6.08. The van der Waals surface area contributed by atoms with Crippen molar-refractivity contribution in [1.29, 1.82) is 0 Å². The van der Waals surface area contributed by atoms with Crippen molar-refractivity contribution in [2.24, 2.45) is 0 Å². The van der Waals surface area contributed by atoms with Gasteiger partial charge in [-0.2, -0.15) is 0 Å². The summed E-state index contributed by atoms with van der Waals surface area (Å²) < 4.78 is 0. The van der Waals surface area contributed by atoms with Gasteiger partial charge in [0.1, 0.15) is 0 Å². The van der Waals surface area contributed by atoms with Gasteiger partial charge in [-0.25, -0.2) is 0 Å². The summed E-state index contributed by atoms with van der Waals surface area (Å²) in [5.41, 5.74) is 4.16. The van der Waals surface area contributed by atoms with E-state index in [1.54, 1.807) is 0 Å². The standard InChI is InChI=1S/C18H28Ge/c1-6-19(7-2,8-3)15-18(14-16(4)5)17-12-10-9-11-13-17/h9-13,15H,4,6-8,14H2,1-3,5H3/b18-15+. The summed E-state index contributed by atoms with van der Waals surface area (Å²) in [4.78, 5) is 2.70. The van der Waals surface area contributed by atoms with Gasteiger partial charge in [0.25, 0.3) is 0 Å². The van der Waals surface area contributed by atoms with Gasteiger partial charge in [0.05, 0.1) is 0 Å². The van der Waals surface area contributed by atoms with E-state index in [1.807, 2.05) is 0 Å². The van der Waals surface area contributed by atoms with E-state index in [0.717, 1.165) is 6.42 Å². The molecule has 0 saturated carbocycles. The van der Waals surface area contributed by atoms with Crippen LogP contribution in [0.5, 0.6) is 0 Å². The van der Waals surface area contributed by atoms with Crippen LogP contribution in [-0.2, 0) is 0 Å². The van der Waals surface area contributed by atoms with Crippen molar-refractivity contribution < 1.29 is 0 Å². The van der Waals surface area contributed by atoms with E-state index >= 15 is 0 Å². The Morgan fingerprint density at radius 1 is 1.05 bits per heavy atom. The average Bonchev–Trinajstić information content (AvgIpc) is 2.44. The van der Waals surface area contributed by atoms with Gasteiger partial charge in [0.15, 0.2) is 0 Å². The Hall–Kier alpha value is -0.757. The Balaban J connectivity index is 3.20. The molecule has 0 N–H and O–H groups in total. The van der Waals surface area contributed by atoms with Crippen LogP contribution in [-0.4, -0.2) is 13.3 Å². The summed E-state index contributed by atoms with van der Waals surface area (Å²) >= 11 is -1.78. The normalized spacial score (nSPS) is 12.5. The molecule has 0 spiro atoms. The molecule has 1 aromatic rings. The first-order chi connectivity index (χ1) is 9.06. The third-order valence-corrected chi connectivity index (χ3v) is 15.1. The van der Waals surface area contributed by atoms with Crippen LogP contribution in [0.2, 0.25) is 15.8 Å². The Kier molecular flexibility index (Phi) is 6.64. The molecule has 0 bridgehead atoms. The molecule has 1 heteroatoms. The van der Waals surface area contributed by atoms with E-state index in [2.05, 4.69) is 69.5 Å². The molecule has 0 aliphatic rings. The van der Waals surface area contributed by atoms with Crippen LogP contribution in [0.4, 0.5) is 0 Å². The van der Waals surface area contributed by atoms with Crippen molar-refractivity contribution in [1.82, 2.24) is 0 Å². The number of hydrogen-bond acceptors (Lipinski definition) is 0. The number of benzene rings is 1. The molecule has 1 aromatic carbocycles. The molecular formula is C18H28Ge. The Labute approximate surface area is 122 Å². The van der Waals surface area contributed by atoms with Gasteiger partial charge in [-0.1, -0.05) is 0 Å². The quantitative estimate of drug-likeness (QED) is 0.422. The third-order valence-electron chi connectivity index (χ3n) is 4.23. The van der Waals surface area contributed by atoms with E-state index in [4.69, 9.17) is 0 Å². The monoisotopic (exact) mass is 318 g/mol. The molecule has 0 unspecified atom stereocenters. The molecule has 19 heavy (non-hydrogen) atoms. The van der Waals surface area contributed by atoms with Gasteiger partial charge in [-0.15, -0.1) is 0 Å². The Morgan fingerprint density at radius 2 is 1.58 bits per heavy atom. The van der Waals surface area contributed by atoms with Gasteiger partial charge in [0.2, 0.25) is 0 Å². The van der Waals surface area contributed by atoms with E-state index in [1.165, 1.54) is 32.5 Å². The van der Waals surface area contributed by atoms with Crippen molar-refractivity contribution >= 4 is 18.8 Å². The van der Waals surface area contributed by atoms with Crippen LogP contribution in [0.3, 0.4) is 0 Å². The van der Waals surface area contributed by atoms with Gasteiger partial charge >= 0.3 is 122 Å². The number of allylic oxidation sites excluding steroid dienone is 2. The minimum absolute atomic E-state index is 1.02. The molecule has 0 amide bonds. The first-order valence-corrected chi connectivity index (χ1v) is 13.1. The van der Waals surface area contributed by atoms with E-state index in [-0.39, 0.29) is 0 Å². The first kappa shape index (κ1) is 16.3. The molecule has 0 heterocycles. The topological polar surface area (TPSA) is 0 Å². The van der Waals surface area contributed by atoms with E-state index < -0.39 is 13.3 Å². The molecule has 0 aliphatic carbocycles. The molecule has 1 rings (SSSR count). The fourth-order valence-electron chi connectivity index (χ4n) is 2.64. The summed E-state index contributed by atoms with van der Waals surface area (Å²) in [7, 11) is 0. The molecule has 0 atom stereocenters. The zero-order chi connectivity index (χ0) is 14.3. The molecular weight excluding hydrogens is 289 g/mol. The molecule has 0 saturated heterocycles. The number of rotatable bonds is 7. The van der Waals surface area contributed by atoms with Gasteiger partial charge in [-0.05, 0) is 0 Å². The summed E-state index contributed by atoms with van der Waals surface area (Å²) in [6.07, 6.45) is 1.02. The Morgan fingerprint density at radius 3 is 2.00 bits per heavy atom. The van der Waals surface area contributed by atoms with Crippen molar-refractivity contribution in [3.05, 3.63) is 53.0 Å². The first-order valence-electron chi connectivity index (χ1n) is 7.48. The van der Waals surface area contributed by atoms with Gasteiger partial charge in [-0.3, -0.25) is 0 Å². The fourth-order valence-corrected chi connectivity index (χ4v) is 9.19. The molecule has 104 valence electrons. The van der Waals surface area contributed by atoms with Crippen molar-refractivity contribution in [3.8, 4) is 0 Å². The molecule has 0 aliphatic heterocycles. The maximum absolute atomic E-state index is 4.11. The zero-order valence-electron chi connectivity index (χ0n) is 13.0. The SMILES string of the molecule is C=C(C)C/C(=[CH]\[Ge]([CH2]C)([CH2]C)[CH2]C)c1ccccc1. The third kappa shape index (κ3) is 4.68. The summed E-state index contributed by atoms with van der Waals surface area (Å²) in [6.45, 7) is 13.4. The van der Waals surface area contributed by atoms with Crippen molar-refractivity contribution in [2.75, 3.05) is 0 Å². The Bertz CT molecular complexity index is 416. The van der Waals surface area contributed by atoms with Crippen LogP contribution in [0, 0.1) is 0 Å². The minimum atomic E-state index is -1.78. The van der Waals surface area contributed by atoms with Gasteiger partial charge < -0.3 is 0 Å². The van der Waals surface area contributed by atoms with Gasteiger partial charge in [0, 0.05) is 0 Å². The second-order valence-corrected chi connectivity index (χ2v) is 16.4. The van der Waals surface area contributed by atoms with Crippen LogP contribution in [0.25, 0.3) is 5.57 Å². The summed E-state index contributed by atoms with van der Waals surface area (Å²) in [6, 6.07) is 10.8. The second-order valence-electron chi connectivity index (χ2n) is 5.59. The fraction of sp³-hybridized carbons (Fsp3) is 0.444. The van der Waals surface area contributed by atoms with E-state index in [9.17, 15) is 0 Å². The van der Waals surface area contributed by atoms with E-state index in [0.29, 0.717) is 0 Å². The van der Waals surface area contributed by atoms with Crippen molar-refractivity contribution in [3.63, 3.8) is 0 Å². The maximum atomic E-state index is 4.11. The molecule has 0 radical (unpaired) electrons. The van der Waals surface area contributed by atoms with Crippen LogP contribution < -0.4 is 0 Å². The van der Waals surface area contributed by atoms with Crippen LogP contribution in [0.15, 0.2) is 47.4 Å². The number of hydrogen-bond donors (Lipinski definition) is 0. The predicted molar refractivity (Wildman–Crippen MR) is 91.0 cm³/mol. The zero-order valence-corrected chi connectivity index (χ0v) is 15.1. The summed E-state index contributed by atoms with van der Waals surface area (Å²) in [5, 5.41) is 4.17. The van der Waals surface area contributed by atoms with Crippen LogP contribution >= 0.6 is 0 Å². The summed E-state index contributed by atoms with van der Waals surface area (Å²) in [5.74, 6) is 0. The second kappa shape index (κ2) is 7.74. The molecule has 0 aromatic heterocycles. The molecule has 0 nitrogen and oxygen atoms in total. The van der Waals surface area contributed by atoms with Crippen LogP contribution in [0.1, 0.15) is 39.7 Å². The average molecular weight is 317 g/mol.